The summed E-state index contributed by atoms with van der Waals surface area (Å²) in [7, 11) is 0. The summed E-state index contributed by atoms with van der Waals surface area (Å²) < 4.78 is 5.56. The maximum absolute atomic E-state index is 5.66. The average molecular weight is 188 g/mol. The molecule has 3 N–H and O–H groups in total. The van der Waals surface area contributed by atoms with Crippen LogP contribution in [0.2, 0.25) is 0 Å². The smallest absolute Gasteiger partial charge is 0.127 e. The highest BCUT2D eigenvalue weighted by Gasteiger charge is 2.28. The molecule has 0 spiro atoms. The van der Waals surface area contributed by atoms with Gasteiger partial charge < -0.3 is 15.8 Å². The van der Waals surface area contributed by atoms with Crippen molar-refractivity contribution in [2.45, 2.75) is 31.9 Å². The molecule has 0 aromatic carbocycles. The second-order valence-electron chi connectivity index (χ2n) is 3.18. The molecule has 0 radical (unpaired) electrons. The van der Waals surface area contributed by atoms with Gasteiger partial charge in [0.15, 0.2) is 0 Å². The van der Waals surface area contributed by atoms with Gasteiger partial charge in [0.2, 0.25) is 0 Å². The monoisotopic (exact) mass is 188 g/mol. The minimum Gasteiger partial charge on any atom is -0.370 e. The number of ether oxygens (including phenoxy) is 1. The standard InChI is InChI=1S/C8H16N2OS/c1-4-11-8(2,3)6-5-12-7(9)10-6/h5,7,10H,4,9H2,1-3H3. The summed E-state index contributed by atoms with van der Waals surface area (Å²) >= 11 is 1.58. The molecule has 0 fully saturated rings. The molecule has 0 saturated heterocycles. The Balaban J connectivity index is 2.57. The van der Waals surface area contributed by atoms with E-state index < -0.39 is 0 Å². The Kier molecular flexibility index (Phi) is 3.04. The molecule has 1 unspecified atom stereocenters. The van der Waals surface area contributed by atoms with Gasteiger partial charge in [0, 0.05) is 6.61 Å². The van der Waals surface area contributed by atoms with E-state index in [9.17, 15) is 0 Å². The zero-order valence-corrected chi connectivity index (χ0v) is 8.57. The summed E-state index contributed by atoms with van der Waals surface area (Å²) in [5.74, 6) is 0. The van der Waals surface area contributed by atoms with Crippen LogP contribution in [0, 0.1) is 0 Å². The van der Waals surface area contributed by atoms with Crippen molar-refractivity contribution < 1.29 is 4.74 Å². The topological polar surface area (TPSA) is 47.3 Å². The van der Waals surface area contributed by atoms with Crippen molar-refractivity contribution in [3.8, 4) is 0 Å². The van der Waals surface area contributed by atoms with Crippen LogP contribution in [0.3, 0.4) is 0 Å². The van der Waals surface area contributed by atoms with E-state index in [-0.39, 0.29) is 11.1 Å². The molecule has 0 bridgehead atoms. The van der Waals surface area contributed by atoms with Crippen LogP contribution in [0.15, 0.2) is 11.1 Å². The molecular formula is C8H16N2OS. The van der Waals surface area contributed by atoms with Gasteiger partial charge in [-0.3, -0.25) is 0 Å². The van der Waals surface area contributed by atoms with Gasteiger partial charge in [0.05, 0.1) is 5.70 Å². The first-order valence-electron chi connectivity index (χ1n) is 4.08. The lowest BCUT2D eigenvalue weighted by atomic mass is 10.1. The number of hydrogen-bond acceptors (Lipinski definition) is 4. The first-order valence-corrected chi connectivity index (χ1v) is 5.02. The first kappa shape index (κ1) is 9.89. The molecule has 1 atom stereocenters. The van der Waals surface area contributed by atoms with E-state index in [0.717, 1.165) is 5.70 Å². The van der Waals surface area contributed by atoms with Crippen molar-refractivity contribution in [3.05, 3.63) is 11.1 Å². The Morgan fingerprint density at radius 1 is 1.75 bits per heavy atom. The minimum atomic E-state index is -0.240. The zero-order valence-electron chi connectivity index (χ0n) is 7.76. The highest BCUT2D eigenvalue weighted by atomic mass is 32.2. The number of nitrogens with two attached hydrogens (primary N) is 1. The summed E-state index contributed by atoms with van der Waals surface area (Å²) in [5, 5.41) is 5.18. The predicted molar refractivity (Wildman–Crippen MR) is 52.5 cm³/mol. The normalized spacial score (nSPS) is 23.7. The van der Waals surface area contributed by atoms with Crippen molar-refractivity contribution in [1.82, 2.24) is 5.32 Å². The van der Waals surface area contributed by atoms with Gasteiger partial charge in [-0.05, 0) is 26.2 Å². The van der Waals surface area contributed by atoms with Crippen molar-refractivity contribution >= 4 is 11.8 Å². The Bertz CT molecular complexity index is 191. The summed E-state index contributed by atoms with van der Waals surface area (Å²) in [5.41, 5.74) is 6.48. The van der Waals surface area contributed by atoms with Gasteiger partial charge in [-0.1, -0.05) is 11.8 Å². The third-order valence-electron chi connectivity index (χ3n) is 1.78. The van der Waals surface area contributed by atoms with Crippen molar-refractivity contribution in [2.24, 2.45) is 5.73 Å². The van der Waals surface area contributed by atoms with Crippen LogP contribution in [0.25, 0.3) is 0 Å². The molecule has 0 aliphatic carbocycles. The van der Waals surface area contributed by atoms with Crippen LogP contribution >= 0.6 is 11.8 Å². The van der Waals surface area contributed by atoms with E-state index in [1.54, 1.807) is 11.8 Å². The van der Waals surface area contributed by atoms with E-state index in [1.807, 2.05) is 26.2 Å². The molecular weight excluding hydrogens is 172 g/mol. The van der Waals surface area contributed by atoms with Crippen LogP contribution in [0.1, 0.15) is 20.8 Å². The second-order valence-corrected chi connectivity index (χ2v) is 4.19. The quantitative estimate of drug-likeness (QED) is 0.699. The van der Waals surface area contributed by atoms with E-state index >= 15 is 0 Å². The molecule has 12 heavy (non-hydrogen) atoms. The predicted octanol–water partition coefficient (Wildman–Crippen LogP) is 1.22. The highest BCUT2D eigenvalue weighted by molar-refractivity contribution is 8.02. The fourth-order valence-electron chi connectivity index (χ4n) is 1.12. The number of thioether (sulfide) groups is 1. The van der Waals surface area contributed by atoms with Gasteiger partial charge in [-0.15, -0.1) is 0 Å². The lowest BCUT2D eigenvalue weighted by Gasteiger charge is -2.26. The van der Waals surface area contributed by atoms with Crippen LogP contribution in [-0.2, 0) is 4.74 Å². The molecule has 3 nitrogen and oxygen atoms in total. The lowest BCUT2D eigenvalue weighted by Crippen LogP contribution is -2.39. The fourth-order valence-corrected chi connectivity index (χ4v) is 1.95. The van der Waals surface area contributed by atoms with Crippen LogP contribution in [-0.4, -0.2) is 17.7 Å². The molecule has 1 heterocycles. The lowest BCUT2D eigenvalue weighted by molar-refractivity contribution is 0.0147. The molecule has 0 aromatic rings. The van der Waals surface area contributed by atoms with Gasteiger partial charge in [-0.2, -0.15) is 0 Å². The van der Waals surface area contributed by atoms with Gasteiger partial charge in [-0.25, -0.2) is 0 Å². The van der Waals surface area contributed by atoms with Crippen LogP contribution < -0.4 is 11.1 Å². The van der Waals surface area contributed by atoms with Crippen LogP contribution in [0.5, 0.6) is 0 Å². The van der Waals surface area contributed by atoms with E-state index in [0.29, 0.717) is 6.61 Å². The third-order valence-corrected chi connectivity index (χ3v) is 2.57. The maximum Gasteiger partial charge on any atom is 0.127 e. The highest BCUT2D eigenvalue weighted by Crippen LogP contribution is 2.27. The van der Waals surface area contributed by atoms with Crippen molar-refractivity contribution in [1.29, 1.82) is 0 Å². The molecule has 0 amide bonds. The molecule has 0 saturated carbocycles. The molecule has 4 heteroatoms. The van der Waals surface area contributed by atoms with Gasteiger partial charge >= 0.3 is 0 Å². The molecule has 0 aromatic heterocycles. The van der Waals surface area contributed by atoms with Crippen molar-refractivity contribution in [3.63, 3.8) is 0 Å². The molecule has 1 aliphatic heterocycles. The van der Waals surface area contributed by atoms with E-state index in [1.165, 1.54) is 0 Å². The Morgan fingerprint density at radius 2 is 2.42 bits per heavy atom. The summed E-state index contributed by atoms with van der Waals surface area (Å²) in [4.78, 5) is 0. The summed E-state index contributed by atoms with van der Waals surface area (Å²) in [6.07, 6.45) is 0. The number of rotatable bonds is 3. The largest absolute Gasteiger partial charge is 0.370 e. The van der Waals surface area contributed by atoms with E-state index in [4.69, 9.17) is 10.5 Å². The number of nitrogens with one attached hydrogen (secondary N) is 1. The Morgan fingerprint density at radius 3 is 2.83 bits per heavy atom. The average Bonchev–Trinajstić information content (AvgIpc) is 2.36. The zero-order chi connectivity index (χ0) is 9.19. The first-order chi connectivity index (χ1) is 5.56. The fraction of sp³-hybridized carbons (Fsp3) is 0.750. The van der Waals surface area contributed by atoms with Crippen molar-refractivity contribution in [2.75, 3.05) is 6.61 Å². The molecule has 1 aliphatic rings. The Labute approximate surface area is 77.7 Å². The Hall–Kier alpha value is -0.190. The van der Waals surface area contributed by atoms with Crippen LogP contribution in [0.4, 0.5) is 0 Å². The third kappa shape index (κ3) is 2.15. The summed E-state index contributed by atoms with van der Waals surface area (Å²) in [6, 6.07) is 0. The SMILES string of the molecule is CCOC(C)(C)C1=CSC(N)N1. The van der Waals surface area contributed by atoms with Gasteiger partial charge in [0.25, 0.3) is 0 Å². The summed E-state index contributed by atoms with van der Waals surface area (Å²) in [6.45, 7) is 6.78. The number of hydrogen-bond donors (Lipinski definition) is 2. The molecule has 70 valence electrons. The second kappa shape index (κ2) is 3.68. The molecule has 1 rings (SSSR count). The van der Waals surface area contributed by atoms with E-state index in [2.05, 4.69) is 5.32 Å². The maximum atomic E-state index is 5.66. The van der Waals surface area contributed by atoms with Gasteiger partial charge in [0.1, 0.15) is 11.1 Å². The minimum absolute atomic E-state index is 0.0141.